The first-order valence-corrected chi connectivity index (χ1v) is 6.29. The van der Waals surface area contributed by atoms with Gasteiger partial charge < -0.3 is 9.67 Å². The van der Waals surface area contributed by atoms with Gasteiger partial charge in [0.2, 0.25) is 0 Å². The van der Waals surface area contributed by atoms with Gasteiger partial charge >= 0.3 is 5.97 Å². The molecule has 0 fully saturated rings. The van der Waals surface area contributed by atoms with Gasteiger partial charge in [0.1, 0.15) is 11.9 Å². The van der Waals surface area contributed by atoms with Crippen molar-refractivity contribution in [3.63, 3.8) is 0 Å². The van der Waals surface area contributed by atoms with Crippen molar-refractivity contribution in [1.29, 1.82) is 0 Å². The van der Waals surface area contributed by atoms with E-state index in [4.69, 9.17) is 0 Å². The summed E-state index contributed by atoms with van der Waals surface area (Å²) in [4.78, 5) is 15.9. The molecule has 100 valence electrons. The van der Waals surface area contributed by atoms with Crippen molar-refractivity contribution in [1.82, 2.24) is 9.55 Å². The van der Waals surface area contributed by atoms with Crippen molar-refractivity contribution in [3.05, 3.63) is 53.1 Å². The summed E-state index contributed by atoms with van der Waals surface area (Å²) in [5, 5.41) is 9.50. The monoisotopic (exact) mass is 258 g/mol. The Kier molecular flexibility index (Phi) is 3.69. The van der Waals surface area contributed by atoms with Gasteiger partial charge in [-0.1, -0.05) is 30.3 Å². The Balaban J connectivity index is 2.38. The van der Waals surface area contributed by atoms with Crippen LogP contribution in [0.1, 0.15) is 28.8 Å². The van der Waals surface area contributed by atoms with E-state index in [1.54, 1.807) is 0 Å². The van der Waals surface area contributed by atoms with Gasteiger partial charge in [0.05, 0.1) is 5.69 Å². The molecule has 0 saturated heterocycles. The number of imidazole rings is 1. The fraction of sp³-hybridized carbons (Fsp3) is 0.333. The second kappa shape index (κ2) is 5.26. The topological polar surface area (TPSA) is 55.1 Å². The van der Waals surface area contributed by atoms with Crippen LogP contribution in [-0.2, 0) is 11.2 Å². The van der Waals surface area contributed by atoms with Crippen molar-refractivity contribution in [2.75, 3.05) is 0 Å². The predicted molar refractivity (Wildman–Crippen MR) is 73.3 cm³/mol. The molecule has 1 aromatic carbocycles. The number of carbonyl (C=O) groups is 1. The quantitative estimate of drug-likeness (QED) is 0.917. The highest BCUT2D eigenvalue weighted by atomic mass is 16.4. The number of benzene rings is 1. The van der Waals surface area contributed by atoms with E-state index >= 15 is 0 Å². The molecule has 1 aromatic heterocycles. The van der Waals surface area contributed by atoms with Crippen LogP contribution in [0.25, 0.3) is 0 Å². The Labute approximate surface area is 112 Å². The third-order valence-corrected chi connectivity index (χ3v) is 3.43. The third-order valence-electron chi connectivity index (χ3n) is 3.43. The van der Waals surface area contributed by atoms with Crippen LogP contribution in [0.2, 0.25) is 0 Å². The highest BCUT2D eigenvalue weighted by molar-refractivity contribution is 5.72. The summed E-state index contributed by atoms with van der Waals surface area (Å²) in [5.74, 6) is -0.0780. The molecule has 4 heteroatoms. The van der Waals surface area contributed by atoms with E-state index in [-0.39, 0.29) is 0 Å². The number of carboxylic acid groups (broad SMARTS) is 1. The van der Waals surface area contributed by atoms with Crippen LogP contribution in [0.3, 0.4) is 0 Å². The first-order valence-electron chi connectivity index (χ1n) is 6.29. The van der Waals surface area contributed by atoms with E-state index in [2.05, 4.69) is 4.98 Å². The molecule has 2 rings (SSSR count). The summed E-state index contributed by atoms with van der Waals surface area (Å²) in [6.07, 6.45) is 0.466. The van der Waals surface area contributed by atoms with Crippen LogP contribution < -0.4 is 0 Å². The van der Waals surface area contributed by atoms with Crippen LogP contribution in [0.4, 0.5) is 0 Å². The molecule has 1 unspecified atom stereocenters. The number of aromatic nitrogens is 2. The molecular formula is C15H18N2O2. The molecular weight excluding hydrogens is 240 g/mol. The summed E-state index contributed by atoms with van der Waals surface area (Å²) in [6, 6.07) is 9.06. The van der Waals surface area contributed by atoms with Crippen molar-refractivity contribution in [2.24, 2.45) is 0 Å². The number of rotatable bonds is 4. The minimum Gasteiger partial charge on any atom is -0.480 e. The lowest BCUT2D eigenvalue weighted by molar-refractivity contribution is -0.141. The molecule has 1 N–H and O–H groups in total. The predicted octanol–water partition coefficient (Wildman–Crippen LogP) is 2.68. The number of aliphatic carboxylic acids is 1. The van der Waals surface area contributed by atoms with Crippen LogP contribution in [0.15, 0.2) is 30.3 Å². The van der Waals surface area contributed by atoms with Gasteiger partial charge in [0.15, 0.2) is 0 Å². The number of hydrogen-bond donors (Lipinski definition) is 1. The maximum atomic E-state index is 11.6. The molecule has 0 amide bonds. The zero-order valence-electron chi connectivity index (χ0n) is 11.4. The fourth-order valence-corrected chi connectivity index (χ4v) is 2.38. The first kappa shape index (κ1) is 13.3. The minimum atomic E-state index is -0.826. The van der Waals surface area contributed by atoms with E-state index < -0.39 is 12.0 Å². The van der Waals surface area contributed by atoms with Gasteiger partial charge in [0, 0.05) is 12.1 Å². The lowest BCUT2D eigenvalue weighted by atomic mass is 10.1. The molecule has 0 bridgehead atoms. The number of hydrogen-bond acceptors (Lipinski definition) is 2. The average molecular weight is 258 g/mol. The molecule has 0 aliphatic rings. The van der Waals surface area contributed by atoms with Crippen LogP contribution in [0, 0.1) is 20.8 Å². The Morgan fingerprint density at radius 3 is 2.37 bits per heavy atom. The molecule has 0 aliphatic carbocycles. The van der Waals surface area contributed by atoms with Crippen LogP contribution in [0.5, 0.6) is 0 Å². The largest absolute Gasteiger partial charge is 0.480 e. The van der Waals surface area contributed by atoms with Crippen molar-refractivity contribution in [2.45, 2.75) is 33.2 Å². The molecule has 0 spiro atoms. The van der Waals surface area contributed by atoms with Crippen molar-refractivity contribution < 1.29 is 9.90 Å². The molecule has 2 aromatic rings. The summed E-state index contributed by atoms with van der Waals surface area (Å²) < 4.78 is 1.81. The van der Waals surface area contributed by atoms with E-state index in [1.807, 2.05) is 55.7 Å². The highest BCUT2D eigenvalue weighted by Gasteiger charge is 2.24. The number of nitrogens with zero attached hydrogens (tertiary/aromatic N) is 2. The normalized spacial score (nSPS) is 12.4. The van der Waals surface area contributed by atoms with E-state index in [0.717, 1.165) is 22.8 Å². The van der Waals surface area contributed by atoms with Gasteiger partial charge in [-0.25, -0.2) is 9.78 Å². The van der Waals surface area contributed by atoms with Crippen LogP contribution >= 0.6 is 0 Å². The number of carboxylic acids is 1. The van der Waals surface area contributed by atoms with Crippen LogP contribution in [-0.4, -0.2) is 20.6 Å². The summed E-state index contributed by atoms with van der Waals surface area (Å²) in [6.45, 7) is 5.66. The molecule has 0 saturated carbocycles. The molecule has 0 aliphatic heterocycles. The van der Waals surface area contributed by atoms with Crippen molar-refractivity contribution in [3.8, 4) is 0 Å². The summed E-state index contributed by atoms with van der Waals surface area (Å²) >= 11 is 0. The average Bonchev–Trinajstić information content (AvgIpc) is 2.62. The Morgan fingerprint density at radius 2 is 1.89 bits per heavy atom. The maximum absolute atomic E-state index is 11.6. The fourth-order valence-electron chi connectivity index (χ4n) is 2.38. The first-order chi connectivity index (χ1) is 9.00. The lowest BCUT2D eigenvalue weighted by Gasteiger charge is -2.18. The summed E-state index contributed by atoms with van der Waals surface area (Å²) in [5.41, 5.74) is 2.82. The van der Waals surface area contributed by atoms with Gasteiger partial charge in [0.25, 0.3) is 0 Å². The zero-order valence-corrected chi connectivity index (χ0v) is 11.4. The standard InChI is InChI=1S/C15H18N2O2/c1-10-11(2)17(12(3)16-10)14(15(18)19)9-13-7-5-4-6-8-13/h4-8,14H,9H2,1-3H3,(H,18,19). The molecule has 4 nitrogen and oxygen atoms in total. The molecule has 1 heterocycles. The molecule has 0 radical (unpaired) electrons. The number of aryl methyl sites for hydroxylation is 2. The van der Waals surface area contributed by atoms with Crippen molar-refractivity contribution >= 4 is 5.97 Å². The van der Waals surface area contributed by atoms with Gasteiger partial charge in [-0.2, -0.15) is 0 Å². The smallest absolute Gasteiger partial charge is 0.327 e. The van der Waals surface area contributed by atoms with E-state index in [1.165, 1.54) is 0 Å². The molecule has 1 atom stereocenters. The lowest BCUT2D eigenvalue weighted by Crippen LogP contribution is -2.23. The second-order valence-electron chi connectivity index (χ2n) is 4.74. The van der Waals surface area contributed by atoms with E-state index in [9.17, 15) is 9.90 Å². The SMILES string of the molecule is Cc1nc(C)n(C(Cc2ccccc2)C(=O)O)c1C. The Hall–Kier alpha value is -2.10. The van der Waals surface area contributed by atoms with Gasteiger partial charge in [-0.3, -0.25) is 0 Å². The van der Waals surface area contributed by atoms with E-state index in [0.29, 0.717) is 6.42 Å². The molecule has 19 heavy (non-hydrogen) atoms. The second-order valence-corrected chi connectivity index (χ2v) is 4.74. The maximum Gasteiger partial charge on any atom is 0.327 e. The minimum absolute atomic E-state index is 0.466. The highest BCUT2D eigenvalue weighted by Crippen LogP contribution is 2.21. The Bertz CT molecular complexity index is 588. The third kappa shape index (κ3) is 2.67. The van der Waals surface area contributed by atoms with Gasteiger partial charge in [-0.15, -0.1) is 0 Å². The Morgan fingerprint density at radius 1 is 1.26 bits per heavy atom. The summed E-state index contributed by atoms with van der Waals surface area (Å²) in [7, 11) is 0. The van der Waals surface area contributed by atoms with Gasteiger partial charge in [-0.05, 0) is 26.3 Å². The zero-order chi connectivity index (χ0) is 14.0.